The van der Waals surface area contributed by atoms with Gasteiger partial charge < -0.3 is 5.32 Å². The van der Waals surface area contributed by atoms with Crippen molar-refractivity contribution in [3.8, 4) is 0 Å². The Balaban J connectivity index is 2.65. The summed E-state index contributed by atoms with van der Waals surface area (Å²) in [5.74, 6) is -0.130. The maximum atomic E-state index is 11.3. The van der Waals surface area contributed by atoms with E-state index in [0.717, 1.165) is 5.69 Å². The van der Waals surface area contributed by atoms with Crippen LogP contribution in [-0.2, 0) is 0 Å². The molecule has 1 aromatic rings. The molecule has 0 radical (unpaired) electrons. The fourth-order valence-electron chi connectivity index (χ4n) is 0.870. The number of hydrogen-bond acceptors (Lipinski definition) is 2. The monoisotopic (exact) mass is 167 g/mol. The van der Waals surface area contributed by atoms with Crippen molar-refractivity contribution in [1.82, 2.24) is 15.5 Å². The second-order valence-corrected chi connectivity index (χ2v) is 3.06. The molecule has 0 aromatic carbocycles. The first kappa shape index (κ1) is 8.77. The van der Waals surface area contributed by atoms with Gasteiger partial charge in [-0.25, -0.2) is 0 Å². The molecule has 0 saturated carbocycles. The molecule has 0 aliphatic rings. The van der Waals surface area contributed by atoms with Gasteiger partial charge in [-0.2, -0.15) is 5.10 Å². The zero-order valence-electron chi connectivity index (χ0n) is 7.51. The normalized spacial score (nSPS) is 10.3. The van der Waals surface area contributed by atoms with E-state index in [4.69, 9.17) is 0 Å². The predicted molar refractivity (Wildman–Crippen MR) is 45.9 cm³/mol. The third kappa shape index (κ3) is 2.08. The minimum absolute atomic E-state index is 0.130. The molecule has 12 heavy (non-hydrogen) atoms. The van der Waals surface area contributed by atoms with Gasteiger partial charge in [0.15, 0.2) is 0 Å². The average molecular weight is 167 g/mol. The molecule has 1 rings (SSSR count). The fourth-order valence-corrected chi connectivity index (χ4v) is 0.870. The lowest BCUT2D eigenvalue weighted by atomic mass is 10.3. The molecule has 4 heteroatoms. The van der Waals surface area contributed by atoms with Gasteiger partial charge in [-0.1, -0.05) is 0 Å². The predicted octanol–water partition coefficient (Wildman–Crippen LogP) is 0.856. The van der Waals surface area contributed by atoms with Crippen LogP contribution in [0.1, 0.15) is 30.0 Å². The highest BCUT2D eigenvalue weighted by Gasteiger charge is 2.08. The summed E-state index contributed by atoms with van der Waals surface area (Å²) in [6, 6.07) is 1.87. The molecule has 1 amide bonds. The summed E-state index contributed by atoms with van der Waals surface area (Å²) < 4.78 is 0. The summed E-state index contributed by atoms with van der Waals surface area (Å²) in [4.78, 5) is 11.3. The van der Waals surface area contributed by atoms with E-state index in [-0.39, 0.29) is 11.9 Å². The highest BCUT2D eigenvalue weighted by atomic mass is 16.2. The topological polar surface area (TPSA) is 57.8 Å². The number of hydrogen-bond donors (Lipinski definition) is 2. The van der Waals surface area contributed by atoms with Crippen molar-refractivity contribution in [1.29, 1.82) is 0 Å². The van der Waals surface area contributed by atoms with E-state index in [2.05, 4.69) is 15.5 Å². The highest BCUT2D eigenvalue weighted by Crippen LogP contribution is 1.97. The van der Waals surface area contributed by atoms with Crippen molar-refractivity contribution in [2.75, 3.05) is 0 Å². The van der Waals surface area contributed by atoms with Gasteiger partial charge in [-0.05, 0) is 26.8 Å². The molecule has 0 spiro atoms. The molecule has 2 N–H and O–H groups in total. The van der Waals surface area contributed by atoms with Crippen LogP contribution in [0.15, 0.2) is 6.07 Å². The van der Waals surface area contributed by atoms with Crippen LogP contribution in [0.3, 0.4) is 0 Å². The molecule has 4 nitrogen and oxygen atoms in total. The maximum absolute atomic E-state index is 11.3. The van der Waals surface area contributed by atoms with Crippen LogP contribution in [0.5, 0.6) is 0 Å². The van der Waals surface area contributed by atoms with E-state index in [9.17, 15) is 4.79 Å². The molecule has 1 aromatic heterocycles. The number of aryl methyl sites for hydroxylation is 1. The van der Waals surface area contributed by atoms with Crippen molar-refractivity contribution < 1.29 is 4.79 Å². The van der Waals surface area contributed by atoms with Crippen LogP contribution in [0, 0.1) is 6.92 Å². The first-order valence-corrected chi connectivity index (χ1v) is 3.92. The van der Waals surface area contributed by atoms with Crippen molar-refractivity contribution in [2.45, 2.75) is 26.8 Å². The Hall–Kier alpha value is -1.32. The summed E-state index contributed by atoms with van der Waals surface area (Å²) in [5, 5.41) is 9.29. The van der Waals surface area contributed by atoms with Crippen LogP contribution in [0.4, 0.5) is 0 Å². The Morgan fingerprint density at radius 1 is 1.67 bits per heavy atom. The number of rotatable bonds is 2. The lowest BCUT2D eigenvalue weighted by Crippen LogP contribution is -2.30. The molecule has 0 bridgehead atoms. The minimum atomic E-state index is -0.130. The van der Waals surface area contributed by atoms with Gasteiger partial charge in [0.1, 0.15) is 5.69 Å². The van der Waals surface area contributed by atoms with Gasteiger partial charge >= 0.3 is 0 Å². The zero-order chi connectivity index (χ0) is 9.14. The summed E-state index contributed by atoms with van der Waals surface area (Å²) in [5.41, 5.74) is 1.34. The Labute approximate surface area is 71.4 Å². The van der Waals surface area contributed by atoms with Gasteiger partial charge in [0.25, 0.3) is 5.91 Å². The first-order valence-electron chi connectivity index (χ1n) is 3.92. The van der Waals surface area contributed by atoms with E-state index in [1.807, 2.05) is 20.8 Å². The minimum Gasteiger partial charge on any atom is -0.348 e. The van der Waals surface area contributed by atoms with Gasteiger partial charge in [0.2, 0.25) is 0 Å². The Morgan fingerprint density at radius 3 is 2.75 bits per heavy atom. The molecule has 0 saturated heterocycles. The maximum Gasteiger partial charge on any atom is 0.271 e. The molecule has 0 unspecified atom stereocenters. The van der Waals surface area contributed by atoms with Crippen LogP contribution in [-0.4, -0.2) is 22.1 Å². The lowest BCUT2D eigenvalue weighted by molar-refractivity contribution is 0.0938. The van der Waals surface area contributed by atoms with Gasteiger partial charge in [0.05, 0.1) is 0 Å². The van der Waals surface area contributed by atoms with Crippen molar-refractivity contribution >= 4 is 5.91 Å². The van der Waals surface area contributed by atoms with Crippen molar-refractivity contribution in [2.24, 2.45) is 0 Å². The Morgan fingerprint density at radius 2 is 2.33 bits per heavy atom. The first-order chi connectivity index (χ1) is 5.59. The number of amides is 1. The molecule has 66 valence electrons. The molecular weight excluding hydrogens is 154 g/mol. The second kappa shape index (κ2) is 3.38. The Kier molecular flexibility index (Phi) is 2.47. The molecule has 0 aliphatic carbocycles. The molecule has 0 fully saturated rings. The molecular formula is C8H13N3O. The summed E-state index contributed by atoms with van der Waals surface area (Å²) in [7, 11) is 0. The highest BCUT2D eigenvalue weighted by molar-refractivity contribution is 5.92. The van der Waals surface area contributed by atoms with Gasteiger partial charge in [0, 0.05) is 11.7 Å². The summed E-state index contributed by atoms with van der Waals surface area (Å²) >= 11 is 0. The smallest absolute Gasteiger partial charge is 0.271 e. The number of carbonyl (C=O) groups excluding carboxylic acids is 1. The largest absolute Gasteiger partial charge is 0.348 e. The number of nitrogens with one attached hydrogen (secondary N) is 2. The molecule has 1 heterocycles. The average Bonchev–Trinajstić information content (AvgIpc) is 2.34. The van der Waals surface area contributed by atoms with Crippen molar-refractivity contribution in [3.63, 3.8) is 0 Å². The number of aromatic amines is 1. The van der Waals surface area contributed by atoms with Gasteiger partial charge in [-0.3, -0.25) is 9.89 Å². The van der Waals surface area contributed by atoms with E-state index in [1.54, 1.807) is 6.07 Å². The third-order valence-corrected chi connectivity index (χ3v) is 1.36. The van der Waals surface area contributed by atoms with Crippen LogP contribution < -0.4 is 5.32 Å². The van der Waals surface area contributed by atoms with Crippen molar-refractivity contribution in [3.05, 3.63) is 17.5 Å². The molecule has 0 aliphatic heterocycles. The molecule has 0 atom stereocenters. The van der Waals surface area contributed by atoms with E-state index in [0.29, 0.717) is 5.69 Å². The zero-order valence-corrected chi connectivity index (χ0v) is 7.51. The summed E-state index contributed by atoms with van der Waals surface area (Å²) in [6.45, 7) is 5.69. The van der Waals surface area contributed by atoms with E-state index >= 15 is 0 Å². The fraction of sp³-hybridized carbons (Fsp3) is 0.500. The third-order valence-electron chi connectivity index (χ3n) is 1.36. The number of H-pyrrole nitrogens is 1. The van der Waals surface area contributed by atoms with E-state index < -0.39 is 0 Å². The standard InChI is InChI=1S/C8H13N3O/c1-5(2)9-8(12)7-4-6(3)10-11-7/h4-5H,1-3H3,(H,9,12)(H,10,11). The van der Waals surface area contributed by atoms with E-state index in [1.165, 1.54) is 0 Å². The van der Waals surface area contributed by atoms with Crippen LogP contribution in [0.25, 0.3) is 0 Å². The summed E-state index contributed by atoms with van der Waals surface area (Å²) in [6.07, 6.45) is 0. The SMILES string of the molecule is Cc1cc(C(=O)NC(C)C)n[nH]1. The lowest BCUT2D eigenvalue weighted by Gasteiger charge is -2.04. The number of nitrogens with zero attached hydrogens (tertiary/aromatic N) is 1. The van der Waals surface area contributed by atoms with Crippen LogP contribution >= 0.6 is 0 Å². The van der Waals surface area contributed by atoms with Gasteiger partial charge in [-0.15, -0.1) is 0 Å². The quantitative estimate of drug-likeness (QED) is 0.686. The number of carbonyl (C=O) groups is 1. The second-order valence-electron chi connectivity index (χ2n) is 3.06. The number of aromatic nitrogens is 2. The van der Waals surface area contributed by atoms with Crippen LogP contribution in [0.2, 0.25) is 0 Å². The Bertz CT molecular complexity index is 278.